The fourth-order valence-electron chi connectivity index (χ4n) is 2.98. The van der Waals surface area contributed by atoms with Crippen molar-refractivity contribution in [3.63, 3.8) is 0 Å². The highest BCUT2D eigenvalue weighted by Crippen LogP contribution is 2.42. The predicted molar refractivity (Wildman–Crippen MR) is 86.5 cm³/mol. The van der Waals surface area contributed by atoms with Crippen LogP contribution in [-0.4, -0.2) is 11.5 Å². The van der Waals surface area contributed by atoms with Gasteiger partial charge >= 0.3 is 0 Å². The Morgan fingerprint density at radius 1 is 1.27 bits per heavy atom. The first kappa shape index (κ1) is 15.0. The van der Waals surface area contributed by atoms with Crippen molar-refractivity contribution in [2.75, 3.05) is 11.4 Å². The van der Waals surface area contributed by atoms with Crippen molar-refractivity contribution >= 4 is 27.3 Å². The summed E-state index contributed by atoms with van der Waals surface area (Å²) in [4.78, 5) is 12.8. The Kier molecular flexibility index (Phi) is 4.11. The van der Waals surface area contributed by atoms with Crippen LogP contribution in [-0.2, 0) is 0 Å². The molecule has 0 spiro atoms. The van der Waals surface area contributed by atoms with E-state index in [1.165, 1.54) is 6.07 Å². The molecule has 0 N–H and O–H groups in total. The van der Waals surface area contributed by atoms with Gasteiger partial charge in [0.25, 0.3) is 5.69 Å². The first-order valence-corrected chi connectivity index (χ1v) is 7.82. The molecule has 2 aromatic carbocycles. The lowest BCUT2D eigenvalue weighted by Gasteiger charge is -2.27. The van der Waals surface area contributed by atoms with Crippen LogP contribution in [0.4, 0.5) is 15.8 Å². The van der Waals surface area contributed by atoms with Gasteiger partial charge in [-0.15, -0.1) is 0 Å². The summed E-state index contributed by atoms with van der Waals surface area (Å²) in [5.41, 5.74) is 1.39. The third kappa shape index (κ3) is 2.70. The Hall–Kier alpha value is -1.95. The molecule has 0 bridgehead atoms. The third-order valence-electron chi connectivity index (χ3n) is 3.96. The molecule has 1 fully saturated rings. The molecule has 0 aromatic heterocycles. The van der Waals surface area contributed by atoms with Gasteiger partial charge in [0, 0.05) is 6.54 Å². The van der Waals surface area contributed by atoms with Gasteiger partial charge in [-0.05, 0) is 40.4 Å². The summed E-state index contributed by atoms with van der Waals surface area (Å²) in [7, 11) is 0. The molecule has 114 valence electrons. The second kappa shape index (κ2) is 6.04. The molecule has 1 saturated heterocycles. The molecule has 1 unspecified atom stereocenters. The summed E-state index contributed by atoms with van der Waals surface area (Å²) in [6.07, 6.45) is 1.88. The van der Waals surface area contributed by atoms with Gasteiger partial charge in [-0.3, -0.25) is 10.1 Å². The van der Waals surface area contributed by atoms with E-state index >= 15 is 0 Å². The van der Waals surface area contributed by atoms with Crippen molar-refractivity contribution < 1.29 is 9.31 Å². The monoisotopic (exact) mass is 364 g/mol. The SMILES string of the molecule is O=[N+]([O-])c1cc(F)c(Br)cc1N1CCCC1c1ccccc1. The van der Waals surface area contributed by atoms with Crippen molar-refractivity contribution in [3.8, 4) is 0 Å². The fraction of sp³-hybridized carbons (Fsp3) is 0.250. The largest absolute Gasteiger partial charge is 0.359 e. The number of nitro benzene ring substituents is 1. The molecular formula is C16H14BrFN2O2. The molecule has 0 aliphatic carbocycles. The number of hydrogen-bond acceptors (Lipinski definition) is 3. The second-order valence-electron chi connectivity index (χ2n) is 5.27. The van der Waals surface area contributed by atoms with E-state index in [2.05, 4.69) is 15.9 Å². The highest BCUT2D eigenvalue weighted by Gasteiger charge is 2.31. The average Bonchev–Trinajstić information content (AvgIpc) is 2.99. The van der Waals surface area contributed by atoms with Crippen LogP contribution in [0.5, 0.6) is 0 Å². The number of benzene rings is 2. The first-order valence-electron chi connectivity index (χ1n) is 7.03. The summed E-state index contributed by atoms with van der Waals surface area (Å²) < 4.78 is 13.9. The van der Waals surface area contributed by atoms with E-state index in [0.29, 0.717) is 5.69 Å². The van der Waals surface area contributed by atoms with Gasteiger partial charge in [-0.25, -0.2) is 4.39 Å². The minimum atomic E-state index is -0.620. The van der Waals surface area contributed by atoms with Crippen LogP contribution in [0.2, 0.25) is 0 Å². The number of nitrogens with zero attached hydrogens (tertiary/aromatic N) is 2. The Morgan fingerprint density at radius 2 is 2.00 bits per heavy atom. The van der Waals surface area contributed by atoms with Crippen LogP contribution in [0.1, 0.15) is 24.4 Å². The smallest absolute Gasteiger partial charge is 0.295 e. The van der Waals surface area contributed by atoms with E-state index in [0.717, 1.165) is 31.0 Å². The van der Waals surface area contributed by atoms with Crippen LogP contribution >= 0.6 is 15.9 Å². The van der Waals surface area contributed by atoms with Crippen LogP contribution in [0.15, 0.2) is 46.9 Å². The number of hydrogen-bond donors (Lipinski definition) is 0. The van der Waals surface area contributed by atoms with Crippen LogP contribution < -0.4 is 4.90 Å². The lowest BCUT2D eigenvalue weighted by atomic mass is 10.0. The number of rotatable bonds is 3. The summed E-state index contributed by atoms with van der Waals surface area (Å²) in [5, 5.41) is 11.3. The standard InChI is InChI=1S/C16H14BrFN2O2/c17-12-9-15(16(20(21)22)10-13(12)18)19-8-4-7-14(19)11-5-2-1-3-6-11/h1-3,5-6,9-10,14H,4,7-8H2. The Labute approximate surface area is 135 Å². The Morgan fingerprint density at radius 3 is 2.68 bits per heavy atom. The topological polar surface area (TPSA) is 46.4 Å². The van der Waals surface area contributed by atoms with Crippen LogP contribution in [0, 0.1) is 15.9 Å². The highest BCUT2D eigenvalue weighted by atomic mass is 79.9. The van der Waals surface area contributed by atoms with E-state index in [9.17, 15) is 14.5 Å². The maximum Gasteiger partial charge on any atom is 0.295 e. The number of nitro groups is 1. The Balaban J connectivity index is 2.06. The predicted octanol–water partition coefficient (Wildman–Crippen LogP) is 4.84. The molecule has 2 aromatic rings. The summed E-state index contributed by atoms with van der Waals surface area (Å²) >= 11 is 3.13. The lowest BCUT2D eigenvalue weighted by molar-refractivity contribution is -0.384. The van der Waals surface area contributed by atoms with E-state index in [1.54, 1.807) is 0 Å². The summed E-state index contributed by atoms with van der Waals surface area (Å²) in [6, 6.07) is 12.5. The second-order valence-corrected chi connectivity index (χ2v) is 6.13. The molecule has 3 rings (SSSR count). The number of anilines is 1. The molecular weight excluding hydrogens is 351 g/mol. The Bertz CT molecular complexity index is 709. The quantitative estimate of drug-likeness (QED) is 0.578. The van der Waals surface area contributed by atoms with E-state index in [1.807, 2.05) is 35.2 Å². The zero-order valence-electron chi connectivity index (χ0n) is 11.7. The van der Waals surface area contributed by atoms with Crippen molar-refractivity contribution in [3.05, 3.63) is 68.4 Å². The zero-order chi connectivity index (χ0) is 15.7. The van der Waals surface area contributed by atoms with Gasteiger partial charge in [0.2, 0.25) is 0 Å². The van der Waals surface area contributed by atoms with E-state index < -0.39 is 10.7 Å². The van der Waals surface area contributed by atoms with Crippen LogP contribution in [0.3, 0.4) is 0 Å². The normalized spacial score (nSPS) is 17.7. The van der Waals surface area contributed by atoms with Gasteiger partial charge in [0.05, 0.1) is 21.5 Å². The highest BCUT2D eigenvalue weighted by molar-refractivity contribution is 9.10. The van der Waals surface area contributed by atoms with Gasteiger partial charge in [0.1, 0.15) is 11.5 Å². The minimum absolute atomic E-state index is 0.0808. The van der Waals surface area contributed by atoms with Crippen molar-refractivity contribution in [1.29, 1.82) is 0 Å². The summed E-state index contributed by atoms with van der Waals surface area (Å²) in [5.74, 6) is -0.620. The molecule has 0 amide bonds. The van der Waals surface area contributed by atoms with E-state index in [4.69, 9.17) is 0 Å². The maximum atomic E-state index is 13.7. The van der Waals surface area contributed by atoms with Gasteiger partial charge in [-0.1, -0.05) is 30.3 Å². The molecule has 1 aliphatic rings. The molecule has 0 radical (unpaired) electrons. The van der Waals surface area contributed by atoms with Crippen LogP contribution in [0.25, 0.3) is 0 Å². The zero-order valence-corrected chi connectivity index (χ0v) is 13.3. The van der Waals surface area contributed by atoms with Gasteiger partial charge in [0.15, 0.2) is 0 Å². The van der Waals surface area contributed by atoms with Gasteiger partial charge < -0.3 is 4.90 Å². The molecule has 1 aliphatic heterocycles. The molecule has 6 heteroatoms. The molecule has 1 atom stereocenters. The third-order valence-corrected chi connectivity index (χ3v) is 4.57. The molecule has 22 heavy (non-hydrogen) atoms. The summed E-state index contributed by atoms with van der Waals surface area (Å²) in [6.45, 7) is 0.721. The lowest BCUT2D eigenvalue weighted by Crippen LogP contribution is -2.23. The fourth-order valence-corrected chi connectivity index (χ4v) is 3.31. The van der Waals surface area contributed by atoms with Crippen molar-refractivity contribution in [1.82, 2.24) is 0 Å². The van der Waals surface area contributed by atoms with E-state index in [-0.39, 0.29) is 16.2 Å². The molecule has 0 saturated carbocycles. The maximum absolute atomic E-state index is 13.7. The number of halogens is 2. The molecule has 1 heterocycles. The minimum Gasteiger partial charge on any atom is -0.359 e. The average molecular weight is 365 g/mol. The van der Waals surface area contributed by atoms with Crippen molar-refractivity contribution in [2.45, 2.75) is 18.9 Å². The molecule has 4 nitrogen and oxygen atoms in total. The van der Waals surface area contributed by atoms with Crippen molar-refractivity contribution in [2.24, 2.45) is 0 Å². The first-order chi connectivity index (χ1) is 10.6. The van der Waals surface area contributed by atoms with Gasteiger partial charge in [-0.2, -0.15) is 0 Å².